The molecule has 0 bridgehead atoms. The number of imide groups is 1. The zero-order valence-electron chi connectivity index (χ0n) is 23.6. The van der Waals surface area contributed by atoms with Gasteiger partial charge in [0.05, 0.1) is 13.5 Å². The van der Waals surface area contributed by atoms with Crippen LogP contribution in [-0.2, 0) is 19.1 Å². The largest absolute Gasteiger partial charge is 0.469 e. The maximum Gasteiger partial charge on any atom is 0.307 e. The normalized spacial score (nSPS) is 10.9. The van der Waals surface area contributed by atoms with Crippen molar-refractivity contribution in [2.75, 3.05) is 13.7 Å². The van der Waals surface area contributed by atoms with E-state index in [2.05, 4.69) is 13.8 Å². The van der Waals surface area contributed by atoms with Crippen LogP contribution in [0.25, 0.3) is 0 Å². The Morgan fingerprint density at radius 3 is 1.11 bits per heavy atom. The van der Waals surface area contributed by atoms with Crippen LogP contribution in [0, 0.1) is 0 Å². The highest BCUT2D eigenvalue weighted by atomic mass is 16.5. The van der Waals surface area contributed by atoms with E-state index >= 15 is 0 Å². The first kappa shape index (κ1) is 33.6. The molecule has 0 aromatic carbocycles. The van der Waals surface area contributed by atoms with E-state index in [9.17, 15) is 14.4 Å². The minimum Gasteiger partial charge on any atom is -0.469 e. The molecule has 0 saturated carbocycles. The number of nitrogens with zero attached hydrogens (tertiary/aromatic N) is 1. The molecule has 5 heteroatoms. The molecule has 0 saturated heterocycles. The summed E-state index contributed by atoms with van der Waals surface area (Å²) < 4.78 is 4.70. The maximum atomic E-state index is 12.8. The number of rotatable bonds is 25. The standard InChI is InChI=1S/C30H57NO4/c1-4-6-8-10-12-14-15-17-19-21-23-25-29(33)31(27-26-30(34)35-3)28(32)24-22-20-18-16-13-11-9-7-5-2/h4-27H2,1-3H3. The Hall–Kier alpha value is -1.39. The molecule has 0 aliphatic carbocycles. The number of amides is 2. The number of hydrogen-bond donors (Lipinski definition) is 0. The summed E-state index contributed by atoms with van der Waals surface area (Å²) in [4.78, 5) is 38.4. The van der Waals surface area contributed by atoms with Crippen LogP contribution in [-0.4, -0.2) is 36.3 Å². The zero-order valence-corrected chi connectivity index (χ0v) is 23.6. The van der Waals surface area contributed by atoms with Gasteiger partial charge in [-0.15, -0.1) is 0 Å². The molecule has 0 fully saturated rings. The van der Waals surface area contributed by atoms with Crippen LogP contribution in [0.3, 0.4) is 0 Å². The summed E-state index contributed by atoms with van der Waals surface area (Å²) >= 11 is 0. The third kappa shape index (κ3) is 21.6. The van der Waals surface area contributed by atoms with Gasteiger partial charge in [0, 0.05) is 19.4 Å². The zero-order chi connectivity index (χ0) is 26.0. The van der Waals surface area contributed by atoms with Gasteiger partial charge in [0.25, 0.3) is 0 Å². The Morgan fingerprint density at radius 1 is 0.486 bits per heavy atom. The van der Waals surface area contributed by atoms with E-state index in [1.807, 2.05) is 0 Å². The molecule has 0 aromatic rings. The Kier molecular flexibility index (Phi) is 24.7. The van der Waals surface area contributed by atoms with Crippen molar-refractivity contribution in [3.63, 3.8) is 0 Å². The van der Waals surface area contributed by atoms with Gasteiger partial charge >= 0.3 is 5.97 Å². The van der Waals surface area contributed by atoms with Crippen LogP contribution in [0.1, 0.15) is 162 Å². The molecule has 5 nitrogen and oxygen atoms in total. The molecule has 0 aromatic heterocycles. The fourth-order valence-corrected chi connectivity index (χ4v) is 4.49. The third-order valence-corrected chi connectivity index (χ3v) is 6.86. The molecule has 2 amide bonds. The van der Waals surface area contributed by atoms with Crippen molar-refractivity contribution in [1.82, 2.24) is 4.90 Å². The second kappa shape index (κ2) is 25.7. The Balaban J connectivity index is 4.11. The van der Waals surface area contributed by atoms with Gasteiger partial charge in [-0.25, -0.2) is 0 Å². The first-order chi connectivity index (χ1) is 17.1. The Bertz CT molecular complexity index is 520. The average Bonchev–Trinajstić information content (AvgIpc) is 2.86. The van der Waals surface area contributed by atoms with Gasteiger partial charge in [-0.3, -0.25) is 19.3 Å². The predicted molar refractivity (Wildman–Crippen MR) is 146 cm³/mol. The first-order valence-electron chi connectivity index (χ1n) is 15.0. The van der Waals surface area contributed by atoms with Crippen LogP contribution in [0.2, 0.25) is 0 Å². The van der Waals surface area contributed by atoms with Crippen molar-refractivity contribution in [2.45, 2.75) is 162 Å². The minimum absolute atomic E-state index is 0.0734. The lowest BCUT2D eigenvalue weighted by molar-refractivity contribution is -0.147. The minimum atomic E-state index is -0.381. The summed E-state index contributed by atoms with van der Waals surface area (Å²) in [6.07, 6.45) is 25.1. The SMILES string of the molecule is CCCCCCCCCCCCCC(=O)N(CCC(=O)OC)C(=O)CCCCCCCCCCC. The van der Waals surface area contributed by atoms with E-state index in [0.29, 0.717) is 12.8 Å². The molecule has 0 aliphatic heterocycles. The van der Waals surface area contributed by atoms with Crippen molar-refractivity contribution < 1.29 is 19.1 Å². The second-order valence-corrected chi connectivity index (χ2v) is 10.1. The number of unbranched alkanes of at least 4 members (excludes halogenated alkanes) is 18. The summed E-state index contributed by atoms with van der Waals surface area (Å²) in [6.45, 7) is 4.62. The smallest absolute Gasteiger partial charge is 0.307 e. The number of ether oxygens (including phenoxy) is 1. The fourth-order valence-electron chi connectivity index (χ4n) is 4.49. The highest BCUT2D eigenvalue weighted by Gasteiger charge is 2.21. The van der Waals surface area contributed by atoms with Crippen LogP contribution < -0.4 is 0 Å². The van der Waals surface area contributed by atoms with Crippen molar-refractivity contribution >= 4 is 17.8 Å². The average molecular weight is 496 g/mol. The van der Waals surface area contributed by atoms with Crippen molar-refractivity contribution in [3.05, 3.63) is 0 Å². The number of carbonyl (C=O) groups is 3. The number of methoxy groups -OCH3 is 1. The molecule has 0 heterocycles. The number of hydrogen-bond acceptors (Lipinski definition) is 4. The lowest BCUT2D eigenvalue weighted by Crippen LogP contribution is -2.38. The highest BCUT2D eigenvalue weighted by molar-refractivity contribution is 5.95. The van der Waals surface area contributed by atoms with Gasteiger partial charge in [0.15, 0.2) is 0 Å². The predicted octanol–water partition coefficient (Wildman–Crippen LogP) is 8.53. The second-order valence-electron chi connectivity index (χ2n) is 10.1. The van der Waals surface area contributed by atoms with Gasteiger partial charge in [-0.2, -0.15) is 0 Å². The van der Waals surface area contributed by atoms with Crippen LogP contribution in [0.5, 0.6) is 0 Å². The van der Waals surface area contributed by atoms with Crippen LogP contribution >= 0.6 is 0 Å². The van der Waals surface area contributed by atoms with Gasteiger partial charge in [0.1, 0.15) is 0 Å². The molecule has 0 N–H and O–H groups in total. The number of carbonyl (C=O) groups excluding carboxylic acids is 3. The monoisotopic (exact) mass is 495 g/mol. The fraction of sp³-hybridized carbons (Fsp3) is 0.900. The summed E-state index contributed by atoms with van der Waals surface area (Å²) in [7, 11) is 1.34. The number of esters is 1. The molecule has 0 atom stereocenters. The van der Waals surface area contributed by atoms with Gasteiger partial charge in [-0.1, -0.05) is 129 Å². The van der Waals surface area contributed by atoms with Gasteiger partial charge in [0.2, 0.25) is 11.8 Å². The topological polar surface area (TPSA) is 63.7 Å². The summed E-state index contributed by atoms with van der Waals surface area (Å²) in [6, 6.07) is 0. The quantitative estimate of drug-likeness (QED) is 0.0940. The van der Waals surface area contributed by atoms with Crippen molar-refractivity contribution in [2.24, 2.45) is 0 Å². The summed E-state index contributed by atoms with van der Waals surface area (Å²) in [5.41, 5.74) is 0. The van der Waals surface area contributed by atoms with E-state index in [0.717, 1.165) is 38.5 Å². The molecule has 0 radical (unpaired) electrons. The van der Waals surface area contributed by atoms with E-state index < -0.39 is 0 Å². The van der Waals surface area contributed by atoms with Crippen LogP contribution in [0.15, 0.2) is 0 Å². The van der Waals surface area contributed by atoms with Crippen LogP contribution in [0.4, 0.5) is 0 Å². The molecule has 0 spiro atoms. The lowest BCUT2D eigenvalue weighted by atomic mass is 10.0. The molecule has 0 aliphatic rings. The van der Waals surface area contributed by atoms with Crippen molar-refractivity contribution in [3.8, 4) is 0 Å². The molecule has 35 heavy (non-hydrogen) atoms. The summed E-state index contributed by atoms with van der Waals surface area (Å²) in [5, 5.41) is 0. The first-order valence-corrected chi connectivity index (χ1v) is 15.0. The van der Waals surface area contributed by atoms with E-state index in [1.165, 1.54) is 102 Å². The lowest BCUT2D eigenvalue weighted by Gasteiger charge is -2.20. The van der Waals surface area contributed by atoms with E-state index in [4.69, 9.17) is 4.74 Å². The molecular weight excluding hydrogens is 438 g/mol. The molecule has 0 rings (SSSR count). The Morgan fingerprint density at radius 2 is 0.800 bits per heavy atom. The highest BCUT2D eigenvalue weighted by Crippen LogP contribution is 2.14. The van der Waals surface area contributed by atoms with Gasteiger partial charge < -0.3 is 4.74 Å². The molecular formula is C30H57NO4. The van der Waals surface area contributed by atoms with E-state index in [1.54, 1.807) is 0 Å². The Labute approximate surface area is 217 Å². The molecule has 206 valence electrons. The van der Waals surface area contributed by atoms with Crippen molar-refractivity contribution in [1.29, 1.82) is 0 Å². The van der Waals surface area contributed by atoms with Gasteiger partial charge in [-0.05, 0) is 12.8 Å². The third-order valence-electron chi connectivity index (χ3n) is 6.86. The molecule has 0 unspecified atom stereocenters. The van der Waals surface area contributed by atoms with E-state index in [-0.39, 0.29) is 30.7 Å². The summed E-state index contributed by atoms with van der Waals surface area (Å²) in [5.74, 6) is -0.649. The maximum absolute atomic E-state index is 12.8.